The van der Waals surface area contributed by atoms with Crippen molar-refractivity contribution in [2.24, 2.45) is 0 Å². The minimum Gasteiger partial charge on any atom is -0.382 e. The number of para-hydroxylation sites is 2. The Morgan fingerprint density at radius 2 is 1.66 bits per heavy atom. The third-order valence-electron chi connectivity index (χ3n) is 5.71. The van der Waals surface area contributed by atoms with Gasteiger partial charge in [0.2, 0.25) is 0 Å². The zero-order chi connectivity index (χ0) is 19.7. The van der Waals surface area contributed by atoms with E-state index in [1.807, 2.05) is 6.20 Å². The summed E-state index contributed by atoms with van der Waals surface area (Å²) in [6, 6.07) is 23.4. The van der Waals surface area contributed by atoms with Crippen LogP contribution >= 0.6 is 0 Å². The molecule has 5 heteroatoms. The Hall–Kier alpha value is -3.31. The van der Waals surface area contributed by atoms with E-state index in [0.29, 0.717) is 0 Å². The summed E-state index contributed by atoms with van der Waals surface area (Å²) in [5.41, 5.74) is 8.18. The van der Waals surface area contributed by atoms with E-state index in [4.69, 9.17) is 4.98 Å². The van der Waals surface area contributed by atoms with E-state index in [1.54, 1.807) is 0 Å². The lowest BCUT2D eigenvalue weighted by Crippen LogP contribution is -2.43. The number of fused-ring (bicyclic) bond motifs is 1. The molecule has 0 saturated carbocycles. The first-order chi connectivity index (χ1) is 14.2. The summed E-state index contributed by atoms with van der Waals surface area (Å²) in [7, 11) is -1.70. The molecule has 3 aromatic rings. The van der Waals surface area contributed by atoms with Gasteiger partial charge in [-0.05, 0) is 24.3 Å². The highest BCUT2D eigenvalue weighted by Gasteiger charge is 2.26. The largest absolute Gasteiger partial charge is 0.382 e. The quantitative estimate of drug-likeness (QED) is 0.658. The number of pyridine rings is 1. The maximum atomic E-state index is 4.77. The summed E-state index contributed by atoms with van der Waals surface area (Å²) < 4.78 is 0. The highest BCUT2D eigenvalue weighted by molar-refractivity contribution is 6.99. The normalized spacial score (nSPS) is 17.0. The van der Waals surface area contributed by atoms with E-state index in [0.717, 1.165) is 30.3 Å². The Labute approximate surface area is 172 Å². The van der Waals surface area contributed by atoms with Gasteiger partial charge in [-0.25, -0.2) is 4.98 Å². The molecule has 3 heterocycles. The van der Waals surface area contributed by atoms with E-state index >= 15 is 0 Å². The van der Waals surface area contributed by atoms with Crippen molar-refractivity contribution >= 4 is 36.1 Å². The Balaban J connectivity index is 1.36. The molecule has 5 rings (SSSR count). The van der Waals surface area contributed by atoms with E-state index in [-0.39, 0.29) is 0 Å². The molecule has 1 N–H and O–H groups in total. The number of benzene rings is 2. The second-order valence-electron chi connectivity index (χ2n) is 7.66. The van der Waals surface area contributed by atoms with Gasteiger partial charge >= 0.3 is 0 Å². The molecule has 0 radical (unpaired) electrons. The van der Waals surface area contributed by atoms with Gasteiger partial charge in [0, 0.05) is 25.5 Å². The summed E-state index contributed by atoms with van der Waals surface area (Å²) in [6.45, 7) is 4.20. The van der Waals surface area contributed by atoms with Crippen LogP contribution in [0.25, 0.3) is 0 Å². The van der Waals surface area contributed by atoms with Crippen LogP contribution in [0.15, 0.2) is 96.7 Å². The van der Waals surface area contributed by atoms with Crippen LogP contribution < -0.4 is 20.3 Å². The van der Waals surface area contributed by atoms with Gasteiger partial charge in [0.1, 0.15) is 13.9 Å². The molecule has 0 fully saturated rings. The van der Waals surface area contributed by atoms with Crippen molar-refractivity contribution in [1.82, 2.24) is 4.98 Å². The molecule has 29 heavy (non-hydrogen) atoms. The fourth-order valence-corrected chi connectivity index (χ4v) is 6.29. The number of hydrogen-bond acceptors (Lipinski definition) is 4. The van der Waals surface area contributed by atoms with Gasteiger partial charge in [-0.1, -0.05) is 65.6 Å². The summed E-state index contributed by atoms with van der Waals surface area (Å²) in [6.07, 6.45) is 6.34. The highest BCUT2D eigenvalue weighted by Crippen LogP contribution is 2.34. The van der Waals surface area contributed by atoms with Crippen LogP contribution in [-0.2, 0) is 0 Å². The molecule has 0 amide bonds. The third kappa shape index (κ3) is 3.34. The summed E-state index contributed by atoms with van der Waals surface area (Å²) in [5, 5.41) is 4.88. The number of nitrogens with zero attached hydrogens (tertiary/aromatic N) is 3. The molecule has 1 aromatic heterocycles. The Bertz CT molecular complexity index is 1050. The van der Waals surface area contributed by atoms with Crippen LogP contribution in [-0.4, -0.2) is 26.1 Å². The zero-order valence-corrected chi connectivity index (χ0v) is 17.5. The molecule has 2 aromatic carbocycles. The SMILES string of the molecule is C[Si]1(c2ccccc2)C=CN(c2ccc(N3CCNc4ccccc43)nc2)C=C1. The minimum absolute atomic E-state index is 0.911. The van der Waals surface area contributed by atoms with Crippen molar-refractivity contribution in [3.8, 4) is 0 Å². The van der Waals surface area contributed by atoms with Gasteiger partial charge in [-0.15, -0.1) is 0 Å². The maximum Gasteiger partial charge on any atom is 0.133 e. The topological polar surface area (TPSA) is 31.4 Å². The van der Waals surface area contributed by atoms with Crippen LogP contribution in [0.5, 0.6) is 0 Å². The monoisotopic (exact) mass is 396 g/mol. The van der Waals surface area contributed by atoms with E-state index in [1.165, 1.54) is 10.9 Å². The molecule has 2 aliphatic rings. The molecular formula is C24H24N4Si. The number of hydrogen-bond donors (Lipinski definition) is 1. The molecule has 0 unspecified atom stereocenters. The molecule has 0 aliphatic carbocycles. The third-order valence-corrected chi connectivity index (χ3v) is 8.97. The lowest BCUT2D eigenvalue weighted by Gasteiger charge is -2.31. The second-order valence-corrected chi connectivity index (χ2v) is 11.5. The van der Waals surface area contributed by atoms with Gasteiger partial charge in [0.15, 0.2) is 0 Å². The highest BCUT2D eigenvalue weighted by atomic mass is 28.3. The van der Waals surface area contributed by atoms with Crippen molar-refractivity contribution in [3.63, 3.8) is 0 Å². The number of rotatable bonds is 3. The minimum atomic E-state index is -1.70. The molecular weight excluding hydrogens is 372 g/mol. The molecule has 144 valence electrons. The fourth-order valence-electron chi connectivity index (χ4n) is 3.95. The van der Waals surface area contributed by atoms with Crippen LogP contribution in [0, 0.1) is 0 Å². The Morgan fingerprint density at radius 3 is 2.41 bits per heavy atom. The van der Waals surface area contributed by atoms with Crippen LogP contribution in [0.3, 0.4) is 0 Å². The average molecular weight is 397 g/mol. The van der Waals surface area contributed by atoms with Gasteiger partial charge in [-0.3, -0.25) is 0 Å². The fraction of sp³-hybridized carbons (Fsp3) is 0.125. The van der Waals surface area contributed by atoms with Crippen LogP contribution in [0.1, 0.15) is 0 Å². The van der Waals surface area contributed by atoms with Gasteiger partial charge < -0.3 is 15.1 Å². The number of aromatic nitrogens is 1. The van der Waals surface area contributed by atoms with Crippen molar-refractivity contribution in [1.29, 1.82) is 0 Å². The number of anilines is 4. The molecule has 2 aliphatic heterocycles. The van der Waals surface area contributed by atoms with E-state index < -0.39 is 8.07 Å². The van der Waals surface area contributed by atoms with Crippen molar-refractivity contribution in [2.75, 3.05) is 28.2 Å². The Morgan fingerprint density at radius 1 is 0.897 bits per heavy atom. The lowest BCUT2D eigenvalue weighted by atomic mass is 10.2. The van der Waals surface area contributed by atoms with Gasteiger partial charge in [0.25, 0.3) is 0 Å². The first-order valence-electron chi connectivity index (χ1n) is 10.0. The van der Waals surface area contributed by atoms with Gasteiger partial charge in [0.05, 0.1) is 23.3 Å². The van der Waals surface area contributed by atoms with Gasteiger partial charge in [-0.2, -0.15) is 0 Å². The van der Waals surface area contributed by atoms with E-state index in [2.05, 4.69) is 112 Å². The Kier molecular flexibility index (Phi) is 4.45. The molecule has 0 spiro atoms. The predicted octanol–water partition coefficient (Wildman–Crippen LogP) is 4.56. The molecule has 0 atom stereocenters. The molecule has 4 nitrogen and oxygen atoms in total. The first kappa shape index (κ1) is 17.8. The summed E-state index contributed by atoms with van der Waals surface area (Å²) in [5.74, 6) is 0.983. The maximum absolute atomic E-state index is 4.77. The zero-order valence-electron chi connectivity index (χ0n) is 16.5. The lowest BCUT2D eigenvalue weighted by molar-refractivity contribution is 0.908. The molecule has 0 bridgehead atoms. The smallest absolute Gasteiger partial charge is 0.133 e. The first-order valence-corrected chi connectivity index (χ1v) is 12.7. The van der Waals surface area contributed by atoms with Crippen LogP contribution in [0.4, 0.5) is 22.9 Å². The van der Waals surface area contributed by atoms with E-state index in [9.17, 15) is 0 Å². The van der Waals surface area contributed by atoms with Crippen molar-refractivity contribution in [2.45, 2.75) is 6.55 Å². The average Bonchev–Trinajstić information content (AvgIpc) is 2.80. The molecule has 0 saturated heterocycles. The number of nitrogens with one attached hydrogen (secondary N) is 1. The van der Waals surface area contributed by atoms with Crippen molar-refractivity contribution in [3.05, 3.63) is 96.7 Å². The predicted molar refractivity (Wildman–Crippen MR) is 125 cm³/mol. The van der Waals surface area contributed by atoms with Crippen LogP contribution in [0.2, 0.25) is 6.55 Å². The second kappa shape index (κ2) is 7.26. The standard InChI is InChI=1S/C24H24N4Si/c1-29(21-7-3-2-4-8-21)17-15-27(16-18-29)20-11-12-24(26-19-20)28-14-13-25-22-9-5-6-10-23(22)28/h2-12,15-19,25H,13-14H2,1H3. The summed E-state index contributed by atoms with van der Waals surface area (Å²) >= 11 is 0. The summed E-state index contributed by atoms with van der Waals surface area (Å²) in [4.78, 5) is 9.20. The van der Waals surface area contributed by atoms with Crippen molar-refractivity contribution < 1.29 is 0 Å².